The third kappa shape index (κ3) is 1.25. The Morgan fingerprint density at radius 2 is 1.94 bits per heavy atom. The Morgan fingerprint density at radius 3 is 2.81 bits per heavy atom. The van der Waals surface area contributed by atoms with Gasteiger partial charge < -0.3 is 4.74 Å². The van der Waals surface area contributed by atoms with Gasteiger partial charge in [0.2, 0.25) is 5.88 Å². The first kappa shape index (κ1) is 8.96. The van der Waals surface area contributed by atoms with Crippen molar-refractivity contribution in [3.8, 4) is 11.6 Å². The zero-order chi connectivity index (χ0) is 11.1. The summed E-state index contributed by atoms with van der Waals surface area (Å²) >= 11 is 0. The molecule has 1 aliphatic heterocycles. The molecule has 0 bridgehead atoms. The van der Waals surface area contributed by atoms with E-state index in [0.717, 1.165) is 5.56 Å². The third-order valence-corrected chi connectivity index (χ3v) is 2.55. The van der Waals surface area contributed by atoms with Crippen LogP contribution < -0.4 is 16.0 Å². The summed E-state index contributed by atoms with van der Waals surface area (Å²) in [5, 5.41) is 0. The molecule has 0 spiro atoms. The number of nitrogens with one attached hydrogen (secondary N) is 2. The average molecular weight is 216 g/mol. The Hall–Kier alpha value is -2.30. The number of hydrogen-bond acceptors (Lipinski definition) is 3. The van der Waals surface area contributed by atoms with Crippen LogP contribution in [0.5, 0.6) is 11.6 Å². The van der Waals surface area contributed by atoms with Crippen LogP contribution in [0.1, 0.15) is 11.1 Å². The summed E-state index contributed by atoms with van der Waals surface area (Å²) in [5.41, 5.74) is 0.447. The second-order valence-corrected chi connectivity index (χ2v) is 3.60. The number of aromatic nitrogens is 2. The van der Waals surface area contributed by atoms with Crippen molar-refractivity contribution >= 4 is 0 Å². The highest BCUT2D eigenvalue weighted by molar-refractivity contribution is 5.45. The SMILES string of the molecule is O=c1[nH]c2c(c(=O)[nH]1)Cc1ccccc1O2. The van der Waals surface area contributed by atoms with Gasteiger partial charge in [-0.2, -0.15) is 0 Å². The number of ether oxygens (including phenoxy) is 1. The molecular weight excluding hydrogens is 208 g/mol. The highest BCUT2D eigenvalue weighted by Gasteiger charge is 2.20. The molecule has 0 atom stereocenters. The van der Waals surface area contributed by atoms with Crippen molar-refractivity contribution in [2.75, 3.05) is 0 Å². The predicted molar refractivity (Wildman–Crippen MR) is 57.0 cm³/mol. The summed E-state index contributed by atoms with van der Waals surface area (Å²) in [6, 6.07) is 7.42. The summed E-state index contributed by atoms with van der Waals surface area (Å²) in [4.78, 5) is 27.3. The Bertz CT molecular complexity index is 669. The van der Waals surface area contributed by atoms with E-state index < -0.39 is 11.2 Å². The maximum absolute atomic E-state index is 11.5. The molecule has 0 amide bonds. The molecule has 0 radical (unpaired) electrons. The molecule has 80 valence electrons. The lowest BCUT2D eigenvalue weighted by atomic mass is 10.0. The molecule has 2 aromatic rings. The van der Waals surface area contributed by atoms with Crippen molar-refractivity contribution in [3.05, 3.63) is 56.2 Å². The molecular formula is C11H8N2O3. The Labute approximate surface area is 89.7 Å². The first-order chi connectivity index (χ1) is 7.74. The number of H-pyrrole nitrogens is 2. The normalized spacial score (nSPS) is 12.5. The van der Waals surface area contributed by atoms with Gasteiger partial charge in [0.1, 0.15) is 5.75 Å². The second kappa shape index (κ2) is 3.10. The Morgan fingerprint density at radius 1 is 1.12 bits per heavy atom. The number of para-hydroxylation sites is 1. The van der Waals surface area contributed by atoms with Gasteiger partial charge in [0.05, 0.1) is 5.56 Å². The minimum absolute atomic E-state index is 0.243. The molecule has 1 aliphatic rings. The number of aromatic amines is 2. The fourth-order valence-corrected chi connectivity index (χ4v) is 1.79. The highest BCUT2D eigenvalue weighted by atomic mass is 16.5. The summed E-state index contributed by atoms with van der Waals surface area (Å²) in [7, 11) is 0. The van der Waals surface area contributed by atoms with Crippen molar-refractivity contribution in [1.82, 2.24) is 9.97 Å². The van der Waals surface area contributed by atoms with Gasteiger partial charge in [0, 0.05) is 6.42 Å². The van der Waals surface area contributed by atoms with Crippen molar-refractivity contribution in [2.24, 2.45) is 0 Å². The lowest BCUT2D eigenvalue weighted by molar-refractivity contribution is 0.435. The van der Waals surface area contributed by atoms with Gasteiger partial charge in [-0.3, -0.25) is 14.8 Å². The van der Waals surface area contributed by atoms with Gasteiger partial charge in [-0.15, -0.1) is 0 Å². The van der Waals surface area contributed by atoms with Crippen LogP contribution in [0.25, 0.3) is 0 Å². The van der Waals surface area contributed by atoms with Crippen LogP contribution in [-0.4, -0.2) is 9.97 Å². The maximum Gasteiger partial charge on any atom is 0.328 e. The fourth-order valence-electron chi connectivity index (χ4n) is 1.79. The molecule has 0 aliphatic carbocycles. The molecule has 16 heavy (non-hydrogen) atoms. The molecule has 0 saturated carbocycles. The van der Waals surface area contributed by atoms with Gasteiger partial charge in [-0.1, -0.05) is 18.2 Å². The highest BCUT2D eigenvalue weighted by Crippen LogP contribution is 2.31. The van der Waals surface area contributed by atoms with E-state index in [2.05, 4.69) is 9.97 Å². The van der Waals surface area contributed by atoms with Crippen LogP contribution in [0.4, 0.5) is 0 Å². The average Bonchev–Trinajstić information content (AvgIpc) is 2.27. The van der Waals surface area contributed by atoms with Gasteiger partial charge in [-0.05, 0) is 11.6 Å². The minimum atomic E-state index is -0.553. The molecule has 1 aromatic heterocycles. The minimum Gasteiger partial charge on any atom is -0.440 e. The standard InChI is InChI=1S/C11H8N2O3/c14-9-7-5-6-3-1-2-4-8(6)16-10(7)13-11(15)12-9/h1-4H,5H2,(H2,12,13,14,15). The van der Waals surface area contributed by atoms with Crippen LogP contribution in [-0.2, 0) is 6.42 Å². The van der Waals surface area contributed by atoms with E-state index in [1.807, 2.05) is 18.2 Å². The van der Waals surface area contributed by atoms with Crippen LogP contribution in [0.3, 0.4) is 0 Å². The number of fused-ring (bicyclic) bond motifs is 2. The quantitative estimate of drug-likeness (QED) is 0.582. The smallest absolute Gasteiger partial charge is 0.328 e. The van der Waals surface area contributed by atoms with Crippen molar-refractivity contribution in [2.45, 2.75) is 6.42 Å². The topological polar surface area (TPSA) is 75.0 Å². The molecule has 1 aromatic carbocycles. The van der Waals surface area contributed by atoms with Gasteiger partial charge in [0.25, 0.3) is 5.56 Å². The summed E-state index contributed by atoms with van der Waals surface area (Å²) in [5.74, 6) is 0.920. The first-order valence-electron chi connectivity index (χ1n) is 4.85. The van der Waals surface area contributed by atoms with E-state index in [1.165, 1.54) is 0 Å². The van der Waals surface area contributed by atoms with E-state index in [1.54, 1.807) is 6.07 Å². The van der Waals surface area contributed by atoms with E-state index in [0.29, 0.717) is 17.7 Å². The van der Waals surface area contributed by atoms with Crippen LogP contribution in [0.2, 0.25) is 0 Å². The maximum atomic E-state index is 11.5. The molecule has 2 N–H and O–H groups in total. The monoisotopic (exact) mass is 216 g/mol. The van der Waals surface area contributed by atoms with Gasteiger partial charge in [-0.25, -0.2) is 4.79 Å². The largest absolute Gasteiger partial charge is 0.440 e. The third-order valence-electron chi connectivity index (χ3n) is 2.55. The molecule has 0 unspecified atom stereocenters. The fraction of sp³-hybridized carbons (Fsp3) is 0.0909. The first-order valence-corrected chi connectivity index (χ1v) is 4.85. The van der Waals surface area contributed by atoms with Crippen molar-refractivity contribution in [1.29, 1.82) is 0 Å². The van der Waals surface area contributed by atoms with Crippen LogP contribution in [0, 0.1) is 0 Å². The zero-order valence-corrected chi connectivity index (χ0v) is 8.24. The Balaban J connectivity index is 2.23. The Kier molecular flexibility index (Phi) is 1.73. The molecule has 0 saturated heterocycles. The molecule has 5 nitrogen and oxygen atoms in total. The molecule has 3 rings (SSSR count). The van der Waals surface area contributed by atoms with Crippen molar-refractivity contribution < 1.29 is 4.74 Å². The predicted octanol–water partition coefficient (Wildman–Crippen LogP) is 0.760. The van der Waals surface area contributed by atoms with E-state index >= 15 is 0 Å². The van der Waals surface area contributed by atoms with E-state index in [-0.39, 0.29) is 5.88 Å². The zero-order valence-electron chi connectivity index (χ0n) is 8.24. The number of hydrogen-bond donors (Lipinski definition) is 2. The molecule has 2 heterocycles. The number of benzene rings is 1. The summed E-state index contributed by atoms with van der Waals surface area (Å²) in [6.45, 7) is 0. The number of rotatable bonds is 0. The molecule has 5 heteroatoms. The van der Waals surface area contributed by atoms with Gasteiger partial charge in [0.15, 0.2) is 0 Å². The van der Waals surface area contributed by atoms with E-state index in [4.69, 9.17) is 4.74 Å². The second-order valence-electron chi connectivity index (χ2n) is 3.60. The molecule has 0 fully saturated rings. The lowest BCUT2D eigenvalue weighted by Crippen LogP contribution is -2.27. The summed E-state index contributed by atoms with van der Waals surface area (Å²) in [6.07, 6.45) is 0.470. The lowest BCUT2D eigenvalue weighted by Gasteiger charge is -2.17. The van der Waals surface area contributed by atoms with E-state index in [9.17, 15) is 9.59 Å². The van der Waals surface area contributed by atoms with Crippen LogP contribution in [0.15, 0.2) is 33.9 Å². The van der Waals surface area contributed by atoms with Crippen molar-refractivity contribution in [3.63, 3.8) is 0 Å². The van der Waals surface area contributed by atoms with Crippen LogP contribution >= 0.6 is 0 Å². The van der Waals surface area contributed by atoms with Gasteiger partial charge >= 0.3 is 5.69 Å². The summed E-state index contributed by atoms with van der Waals surface area (Å²) < 4.78 is 5.46.